The third-order valence-corrected chi connectivity index (χ3v) is 1.82. The molecule has 0 aromatic rings. The van der Waals surface area contributed by atoms with Crippen LogP contribution < -0.4 is 11.1 Å². The molecule has 0 radical (unpaired) electrons. The van der Waals surface area contributed by atoms with Crippen molar-refractivity contribution in [2.45, 2.75) is 26.3 Å². The number of alkyl carbamates (subject to hydrolysis) is 1. The summed E-state index contributed by atoms with van der Waals surface area (Å²) in [6.45, 7) is 5.49. The van der Waals surface area contributed by atoms with Gasteiger partial charge in [0.2, 0.25) is 0 Å². The van der Waals surface area contributed by atoms with Crippen LogP contribution in [0.4, 0.5) is 4.79 Å². The zero-order valence-electron chi connectivity index (χ0n) is 7.51. The fourth-order valence-electron chi connectivity index (χ4n) is 0.484. The molecule has 5 heteroatoms. The molecular weight excluding hydrogens is 176 g/mol. The van der Waals surface area contributed by atoms with E-state index in [1.807, 2.05) is 0 Å². The first-order chi connectivity index (χ1) is 5.40. The number of carbonyl (C=O) groups excluding carboxylic acids is 1. The molecule has 0 saturated heterocycles. The van der Waals surface area contributed by atoms with Gasteiger partial charge < -0.3 is 15.8 Å². The van der Waals surface area contributed by atoms with E-state index < -0.39 is 11.6 Å². The summed E-state index contributed by atoms with van der Waals surface area (Å²) in [5.74, 6) is 0. The van der Waals surface area contributed by atoms with Crippen LogP contribution in [0.3, 0.4) is 0 Å². The maximum absolute atomic E-state index is 10.9. The van der Waals surface area contributed by atoms with Crippen molar-refractivity contribution in [3.63, 3.8) is 0 Å². The van der Waals surface area contributed by atoms with Crippen LogP contribution in [0, 0.1) is 0 Å². The highest BCUT2D eigenvalue weighted by molar-refractivity contribution is 7.80. The molecule has 0 heterocycles. The minimum atomic E-state index is -0.693. The monoisotopic (exact) mass is 190 g/mol. The maximum atomic E-state index is 10.9. The van der Waals surface area contributed by atoms with Gasteiger partial charge in [-0.3, -0.25) is 0 Å². The fraction of sp³-hybridized carbons (Fsp3) is 0.714. The molecule has 0 rings (SSSR count). The second-order valence-corrected chi connectivity index (χ2v) is 3.27. The molecule has 12 heavy (non-hydrogen) atoms. The predicted octanol–water partition coefficient (Wildman–Crippen LogP) is 0.797. The lowest BCUT2D eigenvalue weighted by Crippen LogP contribution is -2.52. The van der Waals surface area contributed by atoms with Crippen molar-refractivity contribution in [2.75, 3.05) is 6.61 Å². The largest absolute Gasteiger partial charge is 0.450 e. The molecule has 0 aliphatic carbocycles. The molecule has 4 nitrogen and oxygen atoms in total. The summed E-state index contributed by atoms with van der Waals surface area (Å²) in [7, 11) is 0. The lowest BCUT2D eigenvalue weighted by molar-refractivity contribution is 0.147. The van der Waals surface area contributed by atoms with Crippen molar-refractivity contribution < 1.29 is 9.53 Å². The van der Waals surface area contributed by atoms with Crippen LogP contribution >= 0.6 is 12.2 Å². The summed E-state index contributed by atoms with van der Waals surface area (Å²) in [5, 5.41) is 2.53. The molecule has 0 aliphatic rings. The van der Waals surface area contributed by atoms with Crippen LogP contribution in [0.5, 0.6) is 0 Å². The van der Waals surface area contributed by atoms with Gasteiger partial charge >= 0.3 is 6.09 Å². The van der Waals surface area contributed by atoms with Gasteiger partial charge in [0.15, 0.2) is 0 Å². The normalized spacial score (nSPS) is 10.6. The zero-order valence-corrected chi connectivity index (χ0v) is 8.33. The Hall–Kier alpha value is -0.840. The lowest BCUT2D eigenvalue weighted by Gasteiger charge is -2.23. The van der Waals surface area contributed by atoms with Crippen molar-refractivity contribution in [1.29, 1.82) is 0 Å². The van der Waals surface area contributed by atoms with E-state index in [9.17, 15) is 4.79 Å². The average molecular weight is 190 g/mol. The molecule has 1 amide bonds. The quantitative estimate of drug-likeness (QED) is 0.646. The minimum Gasteiger partial charge on any atom is -0.450 e. The van der Waals surface area contributed by atoms with E-state index in [0.717, 1.165) is 0 Å². The second-order valence-electron chi connectivity index (χ2n) is 2.83. The predicted molar refractivity (Wildman–Crippen MR) is 51.0 cm³/mol. The minimum absolute atomic E-state index is 0.232. The number of amides is 1. The number of rotatable bonds is 3. The summed E-state index contributed by atoms with van der Waals surface area (Å²) in [5.41, 5.74) is 4.68. The highest BCUT2D eigenvalue weighted by Crippen LogP contribution is 2.02. The third kappa shape index (κ3) is 3.52. The number of ether oxygens (including phenoxy) is 1. The van der Waals surface area contributed by atoms with Crippen molar-refractivity contribution in [3.8, 4) is 0 Å². The SMILES string of the molecule is CCOC(=O)NC(C)(C)C(N)=S. The van der Waals surface area contributed by atoms with E-state index >= 15 is 0 Å². The van der Waals surface area contributed by atoms with Crippen LogP contribution in [0.1, 0.15) is 20.8 Å². The Morgan fingerprint density at radius 3 is 2.50 bits per heavy atom. The van der Waals surface area contributed by atoms with Crippen LogP contribution in [-0.4, -0.2) is 23.2 Å². The number of carbonyl (C=O) groups is 1. The number of hydrogen-bond acceptors (Lipinski definition) is 3. The Kier molecular flexibility index (Phi) is 3.95. The Balaban J connectivity index is 4.06. The number of hydrogen-bond donors (Lipinski definition) is 2. The van der Waals surface area contributed by atoms with Crippen LogP contribution in [0.25, 0.3) is 0 Å². The van der Waals surface area contributed by atoms with Crippen LogP contribution in [0.15, 0.2) is 0 Å². The van der Waals surface area contributed by atoms with Gasteiger partial charge in [-0.1, -0.05) is 12.2 Å². The van der Waals surface area contributed by atoms with Gasteiger partial charge in [-0.25, -0.2) is 4.79 Å². The molecule has 3 N–H and O–H groups in total. The van der Waals surface area contributed by atoms with Crippen LogP contribution in [0.2, 0.25) is 0 Å². The highest BCUT2D eigenvalue weighted by atomic mass is 32.1. The van der Waals surface area contributed by atoms with E-state index in [2.05, 4.69) is 10.1 Å². The molecular formula is C7H14N2O2S. The Morgan fingerprint density at radius 1 is 1.67 bits per heavy atom. The molecule has 0 aromatic heterocycles. The molecule has 70 valence electrons. The molecule has 0 bridgehead atoms. The van der Waals surface area contributed by atoms with Crippen LogP contribution in [-0.2, 0) is 4.74 Å². The summed E-state index contributed by atoms with van der Waals surface area (Å²) in [4.78, 5) is 11.1. The van der Waals surface area contributed by atoms with Gasteiger partial charge in [0.05, 0.1) is 17.1 Å². The number of nitrogens with one attached hydrogen (secondary N) is 1. The van der Waals surface area contributed by atoms with Gasteiger partial charge in [0.1, 0.15) is 0 Å². The van der Waals surface area contributed by atoms with Gasteiger partial charge in [-0.15, -0.1) is 0 Å². The molecule has 0 fully saturated rings. The van der Waals surface area contributed by atoms with E-state index in [0.29, 0.717) is 6.61 Å². The number of nitrogens with two attached hydrogens (primary N) is 1. The lowest BCUT2D eigenvalue weighted by atomic mass is 10.1. The van der Waals surface area contributed by atoms with E-state index in [-0.39, 0.29) is 4.99 Å². The van der Waals surface area contributed by atoms with Gasteiger partial charge in [0.25, 0.3) is 0 Å². The van der Waals surface area contributed by atoms with Crippen molar-refractivity contribution in [1.82, 2.24) is 5.32 Å². The first kappa shape index (κ1) is 11.2. The van der Waals surface area contributed by atoms with E-state index in [1.165, 1.54) is 0 Å². The van der Waals surface area contributed by atoms with E-state index in [1.54, 1.807) is 20.8 Å². The standard InChI is InChI=1S/C7H14N2O2S/c1-4-11-6(10)9-7(2,3)5(8)12/h4H2,1-3H3,(H2,8,12)(H,9,10). The van der Waals surface area contributed by atoms with Crippen molar-refractivity contribution in [2.24, 2.45) is 5.73 Å². The van der Waals surface area contributed by atoms with Gasteiger partial charge in [-0.05, 0) is 20.8 Å². The Bertz CT molecular complexity index is 192. The summed E-state index contributed by atoms with van der Waals surface area (Å²) >= 11 is 4.74. The summed E-state index contributed by atoms with van der Waals surface area (Å²) < 4.78 is 4.66. The molecule has 0 aromatic carbocycles. The van der Waals surface area contributed by atoms with E-state index in [4.69, 9.17) is 18.0 Å². The molecule has 0 aliphatic heterocycles. The highest BCUT2D eigenvalue weighted by Gasteiger charge is 2.23. The van der Waals surface area contributed by atoms with Gasteiger partial charge in [-0.2, -0.15) is 0 Å². The Labute approximate surface area is 77.5 Å². The average Bonchev–Trinajstić information content (AvgIpc) is 1.85. The first-order valence-electron chi connectivity index (χ1n) is 3.65. The Morgan fingerprint density at radius 2 is 2.17 bits per heavy atom. The number of thiocarbonyl (C=S) groups is 1. The fourth-order valence-corrected chi connectivity index (χ4v) is 0.535. The smallest absolute Gasteiger partial charge is 0.407 e. The second kappa shape index (κ2) is 4.25. The topological polar surface area (TPSA) is 64.3 Å². The first-order valence-corrected chi connectivity index (χ1v) is 4.06. The summed E-state index contributed by atoms with van der Waals surface area (Å²) in [6, 6.07) is 0. The van der Waals surface area contributed by atoms with Crippen molar-refractivity contribution in [3.05, 3.63) is 0 Å². The van der Waals surface area contributed by atoms with Crippen molar-refractivity contribution >= 4 is 23.3 Å². The summed E-state index contributed by atoms with van der Waals surface area (Å²) in [6.07, 6.45) is -0.504. The molecule has 0 atom stereocenters. The van der Waals surface area contributed by atoms with Gasteiger partial charge in [0, 0.05) is 0 Å². The maximum Gasteiger partial charge on any atom is 0.407 e. The zero-order chi connectivity index (χ0) is 9.78. The molecule has 0 spiro atoms. The molecule has 0 unspecified atom stereocenters. The molecule has 0 saturated carbocycles. The third-order valence-electron chi connectivity index (χ3n) is 1.31.